The molecular formula is C20H26N2O2. The van der Waals surface area contributed by atoms with Crippen LogP contribution in [0.5, 0.6) is 5.75 Å². The molecule has 0 saturated heterocycles. The number of carbonyl (C=O) groups excluding carboxylic acids is 1. The van der Waals surface area contributed by atoms with Crippen molar-refractivity contribution in [1.29, 1.82) is 0 Å². The van der Waals surface area contributed by atoms with E-state index in [2.05, 4.69) is 17.2 Å². The van der Waals surface area contributed by atoms with Gasteiger partial charge in [-0.25, -0.2) is 0 Å². The number of rotatable bonds is 10. The number of hydrogen-bond donors (Lipinski definition) is 1. The molecule has 1 heterocycles. The van der Waals surface area contributed by atoms with Crippen LogP contribution in [-0.4, -0.2) is 17.5 Å². The summed E-state index contributed by atoms with van der Waals surface area (Å²) < 4.78 is 5.71. The summed E-state index contributed by atoms with van der Waals surface area (Å²) in [5, 5.41) is 2.89. The molecule has 128 valence electrons. The van der Waals surface area contributed by atoms with Gasteiger partial charge in [-0.15, -0.1) is 0 Å². The minimum absolute atomic E-state index is 0.0926. The van der Waals surface area contributed by atoms with Gasteiger partial charge < -0.3 is 10.1 Å². The van der Waals surface area contributed by atoms with Crippen LogP contribution in [0, 0.1) is 0 Å². The normalized spacial score (nSPS) is 10.4. The molecule has 0 spiro atoms. The molecule has 0 aliphatic rings. The molecule has 2 aromatic rings. The van der Waals surface area contributed by atoms with Crippen LogP contribution in [0.4, 0.5) is 0 Å². The van der Waals surface area contributed by atoms with E-state index in [9.17, 15) is 4.79 Å². The largest absolute Gasteiger partial charge is 0.494 e. The van der Waals surface area contributed by atoms with Gasteiger partial charge in [0.1, 0.15) is 5.75 Å². The van der Waals surface area contributed by atoms with E-state index in [4.69, 9.17) is 4.74 Å². The van der Waals surface area contributed by atoms with Crippen LogP contribution in [0.15, 0.2) is 48.8 Å². The summed E-state index contributed by atoms with van der Waals surface area (Å²) in [6.07, 6.45) is 9.57. The number of carbonyl (C=O) groups is 1. The first-order valence-corrected chi connectivity index (χ1v) is 8.69. The van der Waals surface area contributed by atoms with Crippen LogP contribution in [-0.2, 0) is 6.54 Å². The molecule has 1 aromatic carbocycles. The number of pyridine rings is 1. The van der Waals surface area contributed by atoms with Crippen molar-refractivity contribution in [2.45, 2.75) is 45.6 Å². The molecule has 0 atom stereocenters. The third-order valence-electron chi connectivity index (χ3n) is 3.81. The van der Waals surface area contributed by atoms with E-state index in [0.29, 0.717) is 12.1 Å². The molecule has 4 heteroatoms. The van der Waals surface area contributed by atoms with Crippen molar-refractivity contribution in [3.8, 4) is 5.75 Å². The molecule has 0 aliphatic heterocycles. The van der Waals surface area contributed by atoms with Gasteiger partial charge in [-0.2, -0.15) is 0 Å². The fourth-order valence-corrected chi connectivity index (χ4v) is 2.39. The number of nitrogens with one attached hydrogen (secondary N) is 1. The Morgan fingerprint density at radius 2 is 1.88 bits per heavy atom. The van der Waals surface area contributed by atoms with E-state index in [1.54, 1.807) is 24.5 Å². The van der Waals surface area contributed by atoms with Gasteiger partial charge in [0.2, 0.25) is 0 Å². The number of ether oxygens (including phenoxy) is 1. The third-order valence-corrected chi connectivity index (χ3v) is 3.81. The van der Waals surface area contributed by atoms with Crippen molar-refractivity contribution in [2.24, 2.45) is 0 Å². The second-order valence-corrected chi connectivity index (χ2v) is 5.83. The highest BCUT2D eigenvalue weighted by Crippen LogP contribution is 2.13. The molecule has 0 radical (unpaired) electrons. The van der Waals surface area contributed by atoms with E-state index < -0.39 is 0 Å². The van der Waals surface area contributed by atoms with Crippen LogP contribution in [0.1, 0.15) is 54.9 Å². The van der Waals surface area contributed by atoms with Gasteiger partial charge in [0.25, 0.3) is 5.91 Å². The van der Waals surface area contributed by atoms with Gasteiger partial charge >= 0.3 is 0 Å². The summed E-state index contributed by atoms with van der Waals surface area (Å²) in [5.74, 6) is 0.722. The van der Waals surface area contributed by atoms with Crippen molar-refractivity contribution in [1.82, 2.24) is 10.3 Å². The van der Waals surface area contributed by atoms with Gasteiger partial charge in [0.05, 0.1) is 6.61 Å². The molecule has 0 unspecified atom stereocenters. The zero-order valence-corrected chi connectivity index (χ0v) is 14.3. The van der Waals surface area contributed by atoms with Crippen molar-refractivity contribution >= 4 is 5.91 Å². The topological polar surface area (TPSA) is 51.2 Å². The summed E-state index contributed by atoms with van der Waals surface area (Å²) in [5.41, 5.74) is 1.61. The Morgan fingerprint density at radius 1 is 1.08 bits per heavy atom. The van der Waals surface area contributed by atoms with Gasteiger partial charge in [-0.1, -0.05) is 38.7 Å². The van der Waals surface area contributed by atoms with Gasteiger partial charge in [0, 0.05) is 24.5 Å². The van der Waals surface area contributed by atoms with Crippen molar-refractivity contribution < 1.29 is 9.53 Å². The summed E-state index contributed by atoms with van der Waals surface area (Å²) in [4.78, 5) is 16.1. The van der Waals surface area contributed by atoms with Crippen LogP contribution in [0.3, 0.4) is 0 Å². The van der Waals surface area contributed by atoms with E-state index in [1.165, 1.54) is 25.7 Å². The van der Waals surface area contributed by atoms with Crippen LogP contribution < -0.4 is 10.1 Å². The average Bonchev–Trinajstić information content (AvgIpc) is 2.64. The smallest absolute Gasteiger partial charge is 0.251 e. The molecule has 1 amide bonds. The first-order chi connectivity index (χ1) is 11.8. The molecule has 4 nitrogen and oxygen atoms in total. The Labute approximate surface area is 144 Å². The van der Waals surface area contributed by atoms with Gasteiger partial charge in [-0.05, 0) is 42.3 Å². The fraction of sp³-hybridized carbons (Fsp3) is 0.400. The quantitative estimate of drug-likeness (QED) is 0.660. The Balaban J connectivity index is 1.71. The maximum Gasteiger partial charge on any atom is 0.251 e. The Morgan fingerprint density at radius 3 is 2.58 bits per heavy atom. The monoisotopic (exact) mass is 326 g/mol. The Bertz CT molecular complexity index is 597. The van der Waals surface area contributed by atoms with Crippen LogP contribution >= 0.6 is 0 Å². The van der Waals surface area contributed by atoms with Crippen molar-refractivity contribution in [3.63, 3.8) is 0 Å². The van der Waals surface area contributed by atoms with Gasteiger partial charge in [0.15, 0.2) is 0 Å². The SMILES string of the molecule is CCCCCCCOc1ccc(C(=O)NCc2cccnc2)cc1. The van der Waals surface area contributed by atoms with Crippen LogP contribution in [0.2, 0.25) is 0 Å². The molecule has 1 N–H and O–H groups in total. The molecule has 1 aromatic heterocycles. The average molecular weight is 326 g/mol. The van der Waals surface area contributed by atoms with Crippen molar-refractivity contribution in [3.05, 3.63) is 59.9 Å². The summed E-state index contributed by atoms with van der Waals surface area (Å²) in [6, 6.07) is 11.1. The Kier molecular flexibility index (Phi) is 7.81. The highest BCUT2D eigenvalue weighted by molar-refractivity contribution is 5.94. The predicted molar refractivity (Wildman–Crippen MR) is 96.1 cm³/mol. The highest BCUT2D eigenvalue weighted by Gasteiger charge is 2.05. The van der Waals surface area contributed by atoms with E-state index in [0.717, 1.165) is 24.3 Å². The fourth-order valence-electron chi connectivity index (χ4n) is 2.39. The first-order valence-electron chi connectivity index (χ1n) is 8.69. The zero-order chi connectivity index (χ0) is 17.0. The second-order valence-electron chi connectivity index (χ2n) is 5.83. The lowest BCUT2D eigenvalue weighted by Gasteiger charge is -2.08. The third kappa shape index (κ3) is 6.41. The predicted octanol–water partition coefficient (Wildman–Crippen LogP) is 4.36. The van der Waals surface area contributed by atoms with E-state index in [-0.39, 0.29) is 5.91 Å². The first kappa shape index (κ1) is 18.0. The molecule has 24 heavy (non-hydrogen) atoms. The minimum atomic E-state index is -0.0926. The second kappa shape index (κ2) is 10.4. The minimum Gasteiger partial charge on any atom is -0.494 e. The lowest BCUT2D eigenvalue weighted by Crippen LogP contribution is -2.22. The number of benzene rings is 1. The molecule has 0 fully saturated rings. The van der Waals surface area contributed by atoms with E-state index >= 15 is 0 Å². The molecular weight excluding hydrogens is 300 g/mol. The molecule has 0 saturated carbocycles. The number of amides is 1. The summed E-state index contributed by atoms with van der Waals surface area (Å²) >= 11 is 0. The van der Waals surface area contributed by atoms with Crippen molar-refractivity contribution in [2.75, 3.05) is 6.61 Å². The molecule has 0 bridgehead atoms. The standard InChI is InChI=1S/C20H26N2O2/c1-2-3-4-5-6-14-24-19-11-9-18(10-12-19)20(23)22-16-17-8-7-13-21-15-17/h7-13,15H,2-6,14,16H2,1H3,(H,22,23). The summed E-state index contributed by atoms with van der Waals surface area (Å²) in [7, 11) is 0. The lowest BCUT2D eigenvalue weighted by molar-refractivity contribution is 0.0951. The lowest BCUT2D eigenvalue weighted by atomic mass is 10.2. The van der Waals surface area contributed by atoms with E-state index in [1.807, 2.05) is 24.3 Å². The number of nitrogens with zero attached hydrogens (tertiary/aromatic N) is 1. The van der Waals surface area contributed by atoms with Crippen LogP contribution in [0.25, 0.3) is 0 Å². The number of hydrogen-bond acceptors (Lipinski definition) is 3. The Hall–Kier alpha value is -2.36. The maximum atomic E-state index is 12.1. The number of unbranched alkanes of at least 4 members (excludes halogenated alkanes) is 4. The zero-order valence-electron chi connectivity index (χ0n) is 14.3. The summed E-state index contributed by atoms with van der Waals surface area (Å²) in [6.45, 7) is 3.42. The molecule has 2 rings (SSSR count). The highest BCUT2D eigenvalue weighted by atomic mass is 16.5. The number of aromatic nitrogens is 1. The maximum absolute atomic E-state index is 12.1. The molecule has 0 aliphatic carbocycles. The van der Waals surface area contributed by atoms with Gasteiger partial charge in [-0.3, -0.25) is 9.78 Å².